The van der Waals surface area contributed by atoms with Crippen molar-refractivity contribution in [2.45, 2.75) is 51.5 Å². The SMILES string of the molecule is CC(CCNCCCN)Nc1cc(N2CCCC2)nc(N2CCCC2)n1. The topological polar surface area (TPSA) is 82.3 Å². The molecule has 0 aliphatic carbocycles. The predicted molar refractivity (Wildman–Crippen MR) is 109 cm³/mol. The Labute approximate surface area is 157 Å². The molecule has 0 spiro atoms. The van der Waals surface area contributed by atoms with Crippen LogP contribution in [0.3, 0.4) is 0 Å². The van der Waals surface area contributed by atoms with Crippen LogP contribution in [0.25, 0.3) is 0 Å². The smallest absolute Gasteiger partial charge is 0.229 e. The largest absolute Gasteiger partial charge is 0.367 e. The Bertz CT molecular complexity index is 504. The lowest BCUT2D eigenvalue weighted by atomic mass is 10.2. The molecule has 4 N–H and O–H groups in total. The van der Waals surface area contributed by atoms with Crippen LogP contribution in [-0.4, -0.2) is 61.8 Å². The minimum Gasteiger partial charge on any atom is -0.367 e. The molecule has 0 bridgehead atoms. The molecule has 2 saturated heterocycles. The molecule has 2 fully saturated rings. The summed E-state index contributed by atoms with van der Waals surface area (Å²) in [4.78, 5) is 14.4. The number of nitrogens with zero attached hydrogens (tertiary/aromatic N) is 4. The van der Waals surface area contributed by atoms with Gasteiger partial charge in [-0.15, -0.1) is 0 Å². The van der Waals surface area contributed by atoms with Gasteiger partial charge in [-0.2, -0.15) is 9.97 Å². The first-order valence-electron chi connectivity index (χ1n) is 10.3. The number of anilines is 3. The van der Waals surface area contributed by atoms with E-state index in [1.54, 1.807) is 0 Å². The van der Waals surface area contributed by atoms with Crippen molar-refractivity contribution >= 4 is 17.6 Å². The summed E-state index contributed by atoms with van der Waals surface area (Å²) in [5.41, 5.74) is 5.53. The normalized spacial score (nSPS) is 18.5. The van der Waals surface area contributed by atoms with Gasteiger partial charge in [0.15, 0.2) is 0 Å². The maximum absolute atomic E-state index is 5.53. The second-order valence-corrected chi connectivity index (χ2v) is 7.53. The molecule has 3 rings (SSSR count). The molecule has 7 nitrogen and oxygen atoms in total. The van der Waals surface area contributed by atoms with Crippen LogP contribution in [0.15, 0.2) is 6.07 Å². The summed E-state index contributed by atoms with van der Waals surface area (Å²) in [7, 11) is 0. The van der Waals surface area contributed by atoms with Crippen molar-refractivity contribution in [3.05, 3.63) is 6.07 Å². The molecule has 0 saturated carbocycles. The van der Waals surface area contributed by atoms with Crippen molar-refractivity contribution < 1.29 is 0 Å². The van der Waals surface area contributed by atoms with Crippen LogP contribution in [0.1, 0.15) is 45.4 Å². The van der Waals surface area contributed by atoms with Gasteiger partial charge >= 0.3 is 0 Å². The number of rotatable bonds is 10. The monoisotopic (exact) mass is 361 g/mol. The first kappa shape index (κ1) is 19.2. The number of nitrogens with two attached hydrogens (primary N) is 1. The summed E-state index contributed by atoms with van der Waals surface area (Å²) in [5.74, 6) is 2.93. The summed E-state index contributed by atoms with van der Waals surface area (Å²) in [6.45, 7) is 9.32. The molecule has 26 heavy (non-hydrogen) atoms. The van der Waals surface area contributed by atoms with Crippen LogP contribution in [-0.2, 0) is 0 Å². The summed E-state index contributed by atoms with van der Waals surface area (Å²) in [6.07, 6.45) is 7.10. The number of nitrogens with one attached hydrogen (secondary N) is 2. The molecule has 7 heteroatoms. The molecule has 1 aromatic heterocycles. The predicted octanol–water partition coefficient (Wildman–Crippen LogP) is 1.81. The lowest BCUT2D eigenvalue weighted by Crippen LogP contribution is -2.27. The van der Waals surface area contributed by atoms with Crippen LogP contribution in [0.5, 0.6) is 0 Å². The van der Waals surface area contributed by atoms with Crippen LogP contribution < -0.4 is 26.2 Å². The van der Waals surface area contributed by atoms with Gasteiger partial charge in [0.05, 0.1) is 0 Å². The van der Waals surface area contributed by atoms with E-state index in [4.69, 9.17) is 15.7 Å². The molecular formula is C19H35N7. The lowest BCUT2D eigenvalue weighted by molar-refractivity contribution is 0.595. The minimum absolute atomic E-state index is 0.369. The van der Waals surface area contributed by atoms with Crippen molar-refractivity contribution in [2.75, 3.05) is 60.9 Å². The maximum Gasteiger partial charge on any atom is 0.229 e. The standard InChI is InChI=1S/C19H35N7/c1-16(7-10-21-9-6-8-20)22-17-15-18(25-11-2-3-12-25)24-19(23-17)26-13-4-5-14-26/h15-16,21H,2-14,20H2,1H3,(H,22,23,24). The Morgan fingerprint density at radius 2 is 1.73 bits per heavy atom. The lowest BCUT2D eigenvalue weighted by Gasteiger charge is -2.23. The fraction of sp³-hybridized carbons (Fsp3) is 0.789. The van der Waals surface area contributed by atoms with E-state index >= 15 is 0 Å². The van der Waals surface area contributed by atoms with Gasteiger partial charge in [-0.3, -0.25) is 0 Å². The third-order valence-electron chi connectivity index (χ3n) is 5.23. The van der Waals surface area contributed by atoms with E-state index in [0.29, 0.717) is 6.04 Å². The Morgan fingerprint density at radius 3 is 2.42 bits per heavy atom. The van der Waals surface area contributed by atoms with E-state index in [-0.39, 0.29) is 0 Å². The van der Waals surface area contributed by atoms with Crippen LogP contribution in [0, 0.1) is 0 Å². The fourth-order valence-electron chi connectivity index (χ4n) is 3.66. The number of hydrogen-bond acceptors (Lipinski definition) is 7. The van der Waals surface area contributed by atoms with E-state index in [9.17, 15) is 0 Å². The Morgan fingerprint density at radius 1 is 1.04 bits per heavy atom. The van der Waals surface area contributed by atoms with Crippen molar-refractivity contribution in [2.24, 2.45) is 5.73 Å². The number of aromatic nitrogens is 2. The van der Waals surface area contributed by atoms with Crippen LogP contribution in [0.2, 0.25) is 0 Å². The molecule has 0 amide bonds. The average molecular weight is 362 g/mol. The van der Waals surface area contributed by atoms with E-state index in [1.165, 1.54) is 25.7 Å². The summed E-state index contributed by atoms with van der Waals surface area (Å²) in [5, 5.41) is 7.04. The average Bonchev–Trinajstić information content (AvgIpc) is 3.35. The van der Waals surface area contributed by atoms with Crippen molar-refractivity contribution in [3.63, 3.8) is 0 Å². The summed E-state index contributed by atoms with van der Waals surface area (Å²) >= 11 is 0. The molecular weight excluding hydrogens is 326 g/mol. The van der Waals surface area contributed by atoms with E-state index in [0.717, 1.165) is 76.2 Å². The van der Waals surface area contributed by atoms with Crippen molar-refractivity contribution in [3.8, 4) is 0 Å². The van der Waals surface area contributed by atoms with Gasteiger partial charge in [-0.25, -0.2) is 0 Å². The third-order valence-corrected chi connectivity index (χ3v) is 5.23. The third kappa shape index (κ3) is 5.45. The van der Waals surface area contributed by atoms with Crippen molar-refractivity contribution in [1.82, 2.24) is 15.3 Å². The highest BCUT2D eigenvalue weighted by molar-refractivity contribution is 5.55. The zero-order valence-corrected chi connectivity index (χ0v) is 16.2. The molecule has 0 aromatic carbocycles. The second kappa shape index (κ2) is 9.92. The summed E-state index contributed by atoms with van der Waals surface area (Å²) < 4.78 is 0. The van der Waals surface area contributed by atoms with E-state index < -0.39 is 0 Å². The Kier molecular flexibility index (Phi) is 7.32. The molecule has 3 heterocycles. The van der Waals surface area contributed by atoms with Crippen molar-refractivity contribution in [1.29, 1.82) is 0 Å². The summed E-state index contributed by atoms with van der Waals surface area (Å²) in [6, 6.07) is 2.50. The molecule has 2 aliphatic heterocycles. The van der Waals surface area contributed by atoms with Gasteiger partial charge in [0.1, 0.15) is 11.6 Å². The Hall–Kier alpha value is -1.60. The van der Waals surface area contributed by atoms with E-state index in [2.05, 4.69) is 33.4 Å². The quantitative estimate of drug-likeness (QED) is 0.548. The molecule has 1 atom stereocenters. The fourth-order valence-corrected chi connectivity index (χ4v) is 3.66. The highest BCUT2D eigenvalue weighted by Crippen LogP contribution is 2.25. The van der Waals surface area contributed by atoms with E-state index in [1.807, 2.05) is 0 Å². The Balaban J connectivity index is 1.62. The molecule has 146 valence electrons. The molecule has 2 aliphatic rings. The van der Waals surface area contributed by atoms with Gasteiger partial charge < -0.3 is 26.2 Å². The zero-order valence-electron chi connectivity index (χ0n) is 16.2. The van der Waals surface area contributed by atoms with Gasteiger partial charge in [0.25, 0.3) is 0 Å². The molecule has 1 aromatic rings. The number of hydrogen-bond donors (Lipinski definition) is 3. The first-order valence-corrected chi connectivity index (χ1v) is 10.3. The minimum atomic E-state index is 0.369. The molecule has 0 radical (unpaired) electrons. The first-order chi connectivity index (χ1) is 12.8. The zero-order chi connectivity index (χ0) is 18.2. The van der Waals surface area contributed by atoms with Crippen LogP contribution in [0.4, 0.5) is 17.6 Å². The van der Waals surface area contributed by atoms with Gasteiger partial charge in [-0.1, -0.05) is 0 Å². The highest BCUT2D eigenvalue weighted by Gasteiger charge is 2.20. The highest BCUT2D eigenvalue weighted by atomic mass is 15.3. The van der Waals surface area contributed by atoms with Gasteiger partial charge in [-0.05, 0) is 65.1 Å². The second-order valence-electron chi connectivity index (χ2n) is 7.53. The maximum atomic E-state index is 5.53. The van der Waals surface area contributed by atoms with Gasteiger partial charge in [0, 0.05) is 38.3 Å². The van der Waals surface area contributed by atoms with Gasteiger partial charge in [0.2, 0.25) is 5.95 Å². The van der Waals surface area contributed by atoms with Crippen LogP contribution >= 0.6 is 0 Å². The molecule has 1 unspecified atom stereocenters.